The summed E-state index contributed by atoms with van der Waals surface area (Å²) in [6, 6.07) is 5.69. The molecule has 0 atom stereocenters. The number of hydrogen-bond donors (Lipinski definition) is 0. The zero-order chi connectivity index (χ0) is 13.6. The zero-order valence-electron chi connectivity index (χ0n) is 9.89. The Morgan fingerprint density at radius 1 is 1.22 bits per heavy atom. The van der Waals surface area contributed by atoms with Crippen molar-refractivity contribution < 1.29 is 22.6 Å². The summed E-state index contributed by atoms with van der Waals surface area (Å²) in [5.74, 6) is 0.699. The molecule has 0 aromatic heterocycles. The molecule has 0 aliphatic heterocycles. The van der Waals surface area contributed by atoms with Gasteiger partial charge in [0.15, 0.2) is 0 Å². The molecule has 0 heterocycles. The Kier molecular flexibility index (Phi) is 5.95. The van der Waals surface area contributed by atoms with Crippen LogP contribution in [0.1, 0.15) is 11.1 Å². The minimum absolute atomic E-state index is 0.0877. The number of hydrogen-bond acceptors (Lipinski definition) is 2. The van der Waals surface area contributed by atoms with Crippen molar-refractivity contribution in [2.45, 2.75) is 18.4 Å². The molecule has 0 unspecified atom stereocenters. The average molecular weight is 327 g/mol. The maximum atomic E-state index is 11.8. The molecule has 0 spiro atoms. The fourth-order valence-electron chi connectivity index (χ4n) is 1.42. The lowest BCUT2D eigenvalue weighted by molar-refractivity contribution is -0.175. The molecule has 102 valence electrons. The topological polar surface area (TPSA) is 18.5 Å². The van der Waals surface area contributed by atoms with E-state index in [1.165, 1.54) is 0 Å². The molecule has 1 aromatic carbocycles. The largest absolute Gasteiger partial charge is 0.491 e. The summed E-state index contributed by atoms with van der Waals surface area (Å²) in [5.41, 5.74) is 1.91. The number of benzene rings is 1. The van der Waals surface area contributed by atoms with Crippen LogP contribution in [0, 0.1) is 6.92 Å². The van der Waals surface area contributed by atoms with Gasteiger partial charge in [0.1, 0.15) is 19.0 Å². The summed E-state index contributed by atoms with van der Waals surface area (Å²) in [5, 5.41) is 0.632. The lowest BCUT2D eigenvalue weighted by Gasteiger charge is -2.13. The highest BCUT2D eigenvalue weighted by atomic mass is 79.9. The maximum Gasteiger partial charge on any atom is 0.411 e. The fourth-order valence-corrected chi connectivity index (χ4v) is 1.86. The van der Waals surface area contributed by atoms with Gasteiger partial charge in [-0.25, -0.2) is 0 Å². The summed E-state index contributed by atoms with van der Waals surface area (Å²) < 4.78 is 45.4. The molecule has 2 nitrogen and oxygen atoms in total. The molecule has 0 radical (unpaired) electrons. The smallest absolute Gasteiger partial charge is 0.411 e. The van der Waals surface area contributed by atoms with Crippen molar-refractivity contribution in [3.63, 3.8) is 0 Å². The first-order chi connectivity index (χ1) is 8.44. The van der Waals surface area contributed by atoms with Crippen molar-refractivity contribution in [2.75, 3.05) is 19.8 Å². The van der Waals surface area contributed by atoms with Crippen LogP contribution >= 0.6 is 15.9 Å². The van der Waals surface area contributed by atoms with Gasteiger partial charge in [-0.3, -0.25) is 0 Å². The maximum absolute atomic E-state index is 11.8. The van der Waals surface area contributed by atoms with Gasteiger partial charge in [0.25, 0.3) is 0 Å². The van der Waals surface area contributed by atoms with Crippen LogP contribution in [0.3, 0.4) is 0 Å². The molecular weight excluding hydrogens is 313 g/mol. The first kappa shape index (κ1) is 15.3. The van der Waals surface area contributed by atoms with Gasteiger partial charge in [-0.2, -0.15) is 13.2 Å². The first-order valence-electron chi connectivity index (χ1n) is 5.36. The van der Waals surface area contributed by atoms with Crippen LogP contribution in [-0.4, -0.2) is 26.0 Å². The normalized spacial score (nSPS) is 11.6. The lowest BCUT2D eigenvalue weighted by Crippen LogP contribution is -2.19. The zero-order valence-corrected chi connectivity index (χ0v) is 11.5. The van der Waals surface area contributed by atoms with E-state index in [2.05, 4.69) is 20.7 Å². The highest BCUT2D eigenvalue weighted by molar-refractivity contribution is 9.08. The van der Waals surface area contributed by atoms with Crippen LogP contribution in [0.25, 0.3) is 0 Å². The summed E-state index contributed by atoms with van der Waals surface area (Å²) in [7, 11) is 0. The summed E-state index contributed by atoms with van der Waals surface area (Å²) in [4.78, 5) is 0. The lowest BCUT2D eigenvalue weighted by atomic mass is 10.1. The Hall–Kier alpha value is -0.750. The monoisotopic (exact) mass is 326 g/mol. The third-order valence-electron chi connectivity index (χ3n) is 2.18. The Morgan fingerprint density at radius 2 is 1.94 bits per heavy atom. The molecule has 0 aliphatic rings. The summed E-state index contributed by atoms with van der Waals surface area (Å²) in [6.45, 7) is 0.657. The predicted molar refractivity (Wildman–Crippen MR) is 66.2 cm³/mol. The van der Waals surface area contributed by atoms with Gasteiger partial charge in [0, 0.05) is 10.9 Å². The van der Waals surface area contributed by atoms with E-state index in [0.717, 1.165) is 11.1 Å². The van der Waals surface area contributed by atoms with E-state index in [1.807, 2.05) is 25.1 Å². The molecule has 0 aliphatic carbocycles. The predicted octanol–water partition coefficient (Wildman–Crippen LogP) is 3.85. The Bertz CT molecular complexity index is 380. The highest BCUT2D eigenvalue weighted by Gasteiger charge is 2.27. The molecule has 0 N–H and O–H groups in total. The van der Waals surface area contributed by atoms with Crippen LogP contribution < -0.4 is 4.74 Å². The molecule has 0 bridgehead atoms. The van der Waals surface area contributed by atoms with Gasteiger partial charge in [-0.1, -0.05) is 34.1 Å². The average Bonchev–Trinajstić information content (AvgIpc) is 2.29. The summed E-state index contributed by atoms with van der Waals surface area (Å²) >= 11 is 3.33. The van der Waals surface area contributed by atoms with Crippen LogP contribution in [-0.2, 0) is 10.1 Å². The Labute approximate surface area is 112 Å². The molecule has 0 saturated heterocycles. The standard InChI is InChI=1S/C12H14BrF3O2/c1-9-3-2-4-10(7-13)11(9)18-6-5-17-8-12(14,15)16/h2-4H,5-8H2,1H3. The Balaban J connectivity index is 2.40. The quantitative estimate of drug-likeness (QED) is 0.584. The highest BCUT2D eigenvalue weighted by Crippen LogP contribution is 2.25. The van der Waals surface area contributed by atoms with Gasteiger partial charge < -0.3 is 9.47 Å². The first-order valence-corrected chi connectivity index (χ1v) is 6.48. The van der Waals surface area contributed by atoms with Gasteiger partial charge in [-0.15, -0.1) is 0 Å². The van der Waals surface area contributed by atoms with E-state index >= 15 is 0 Å². The van der Waals surface area contributed by atoms with E-state index in [0.29, 0.717) is 11.1 Å². The van der Waals surface area contributed by atoms with Crippen LogP contribution in [0.15, 0.2) is 18.2 Å². The number of para-hydroxylation sites is 1. The van der Waals surface area contributed by atoms with Crippen molar-refractivity contribution >= 4 is 15.9 Å². The van der Waals surface area contributed by atoms with Gasteiger partial charge in [-0.05, 0) is 12.5 Å². The van der Waals surface area contributed by atoms with Gasteiger partial charge >= 0.3 is 6.18 Å². The molecule has 1 aromatic rings. The van der Waals surface area contributed by atoms with E-state index in [-0.39, 0.29) is 13.2 Å². The molecule has 6 heteroatoms. The SMILES string of the molecule is Cc1cccc(CBr)c1OCCOCC(F)(F)F. The fraction of sp³-hybridized carbons (Fsp3) is 0.500. The van der Waals surface area contributed by atoms with Crippen LogP contribution in [0.5, 0.6) is 5.75 Å². The minimum atomic E-state index is -4.29. The molecule has 0 amide bonds. The Morgan fingerprint density at radius 3 is 2.56 bits per heavy atom. The number of alkyl halides is 4. The van der Waals surface area contributed by atoms with E-state index in [9.17, 15) is 13.2 Å². The van der Waals surface area contributed by atoms with Crippen molar-refractivity contribution in [2.24, 2.45) is 0 Å². The third kappa shape index (κ3) is 5.27. The summed E-state index contributed by atoms with van der Waals surface area (Å²) in [6.07, 6.45) is -4.29. The van der Waals surface area contributed by atoms with E-state index in [4.69, 9.17) is 4.74 Å². The second kappa shape index (κ2) is 6.99. The second-order valence-electron chi connectivity index (χ2n) is 3.71. The van der Waals surface area contributed by atoms with Crippen LogP contribution in [0.2, 0.25) is 0 Å². The molecule has 0 saturated carbocycles. The second-order valence-corrected chi connectivity index (χ2v) is 4.27. The number of halogens is 4. The van der Waals surface area contributed by atoms with Crippen molar-refractivity contribution in [1.29, 1.82) is 0 Å². The van der Waals surface area contributed by atoms with Gasteiger partial charge in [0.2, 0.25) is 0 Å². The number of ether oxygens (including phenoxy) is 2. The van der Waals surface area contributed by atoms with Crippen molar-refractivity contribution in [3.8, 4) is 5.75 Å². The number of aryl methyl sites for hydroxylation is 1. The number of rotatable bonds is 6. The van der Waals surface area contributed by atoms with E-state index in [1.54, 1.807) is 0 Å². The molecular formula is C12H14BrF3O2. The van der Waals surface area contributed by atoms with Crippen molar-refractivity contribution in [1.82, 2.24) is 0 Å². The van der Waals surface area contributed by atoms with E-state index < -0.39 is 12.8 Å². The van der Waals surface area contributed by atoms with Gasteiger partial charge in [0.05, 0.1) is 6.61 Å². The molecule has 18 heavy (non-hydrogen) atoms. The van der Waals surface area contributed by atoms with Crippen LogP contribution in [0.4, 0.5) is 13.2 Å². The third-order valence-corrected chi connectivity index (χ3v) is 2.78. The van der Waals surface area contributed by atoms with Crippen molar-refractivity contribution in [3.05, 3.63) is 29.3 Å². The molecule has 0 fully saturated rings. The minimum Gasteiger partial charge on any atom is -0.491 e. The molecule has 1 rings (SSSR count).